The summed E-state index contributed by atoms with van der Waals surface area (Å²) >= 11 is 1.24. The van der Waals surface area contributed by atoms with E-state index in [2.05, 4.69) is 0 Å². The van der Waals surface area contributed by atoms with Crippen molar-refractivity contribution in [1.29, 1.82) is 0 Å². The van der Waals surface area contributed by atoms with Crippen LogP contribution in [0.4, 0.5) is 0 Å². The van der Waals surface area contributed by atoms with Crippen molar-refractivity contribution in [2.24, 2.45) is 0 Å². The van der Waals surface area contributed by atoms with E-state index in [1.807, 2.05) is 60.7 Å². The van der Waals surface area contributed by atoms with Crippen LogP contribution in [0.15, 0.2) is 76.7 Å². The molecule has 0 unspecified atom stereocenters. The Kier molecular flexibility index (Phi) is 7.26. The average Bonchev–Trinajstić information content (AvgIpc) is 2.60. The lowest BCUT2D eigenvalue weighted by molar-refractivity contribution is -0.135. The molecule has 0 N–H and O–H groups in total. The lowest BCUT2D eigenvalue weighted by Gasteiger charge is -2.07. The van der Waals surface area contributed by atoms with Crippen LogP contribution in [-0.4, -0.2) is 18.4 Å². The normalized spacial score (nSPS) is 11.1. The Morgan fingerprint density at radius 3 is 2.25 bits per heavy atom. The highest BCUT2D eigenvalue weighted by Gasteiger charge is 2.13. The van der Waals surface area contributed by atoms with Gasteiger partial charge in [0.1, 0.15) is 12.9 Å². The Balaban J connectivity index is 1.96. The topological polar surface area (TPSA) is 52.6 Å². The SMILES string of the molecule is CC(=O)OC=C(Sc1ccccc1)C(=O)COCc1ccccc1. The second-order valence-corrected chi connectivity index (χ2v) is 6.02. The first kappa shape index (κ1) is 18.0. The molecule has 4 nitrogen and oxygen atoms in total. The van der Waals surface area contributed by atoms with Crippen LogP contribution < -0.4 is 0 Å². The van der Waals surface area contributed by atoms with Gasteiger partial charge in [0.25, 0.3) is 0 Å². The lowest BCUT2D eigenvalue weighted by Crippen LogP contribution is -2.10. The number of carbonyl (C=O) groups excluding carboxylic acids is 2. The van der Waals surface area contributed by atoms with Crippen LogP contribution in [0.1, 0.15) is 12.5 Å². The summed E-state index contributed by atoms with van der Waals surface area (Å²) in [5.41, 5.74) is 0.992. The molecular formula is C19H18O4S. The molecule has 0 saturated carbocycles. The fourth-order valence-electron chi connectivity index (χ4n) is 1.81. The molecule has 0 amide bonds. The van der Waals surface area contributed by atoms with Crippen molar-refractivity contribution in [1.82, 2.24) is 0 Å². The van der Waals surface area contributed by atoms with E-state index in [1.54, 1.807) is 0 Å². The molecule has 0 fully saturated rings. The van der Waals surface area contributed by atoms with Gasteiger partial charge in [-0.25, -0.2) is 0 Å². The number of ether oxygens (including phenoxy) is 2. The summed E-state index contributed by atoms with van der Waals surface area (Å²) in [7, 11) is 0. The minimum absolute atomic E-state index is 0.0815. The molecule has 2 rings (SSSR count). The lowest BCUT2D eigenvalue weighted by atomic mass is 10.2. The molecule has 124 valence electrons. The largest absolute Gasteiger partial charge is 0.433 e. The maximum absolute atomic E-state index is 12.3. The van der Waals surface area contributed by atoms with Gasteiger partial charge in [0.2, 0.25) is 0 Å². The molecule has 0 spiro atoms. The average molecular weight is 342 g/mol. The third-order valence-electron chi connectivity index (χ3n) is 2.92. The van der Waals surface area contributed by atoms with Crippen LogP contribution in [0.25, 0.3) is 0 Å². The van der Waals surface area contributed by atoms with Gasteiger partial charge in [0.15, 0.2) is 5.78 Å². The Bertz CT molecular complexity index is 696. The predicted molar refractivity (Wildman–Crippen MR) is 93.3 cm³/mol. The monoisotopic (exact) mass is 342 g/mol. The fourth-order valence-corrected chi connectivity index (χ4v) is 2.62. The summed E-state index contributed by atoms with van der Waals surface area (Å²) in [6.07, 6.45) is 1.19. The van der Waals surface area contributed by atoms with Crippen molar-refractivity contribution >= 4 is 23.5 Å². The van der Waals surface area contributed by atoms with E-state index >= 15 is 0 Å². The van der Waals surface area contributed by atoms with Crippen molar-refractivity contribution in [3.63, 3.8) is 0 Å². The minimum atomic E-state index is -0.473. The number of carbonyl (C=O) groups is 2. The molecule has 0 aliphatic carbocycles. The third kappa shape index (κ3) is 6.40. The van der Waals surface area contributed by atoms with E-state index in [4.69, 9.17) is 9.47 Å². The van der Waals surface area contributed by atoms with Crippen LogP contribution in [0, 0.1) is 0 Å². The smallest absolute Gasteiger partial charge is 0.307 e. The summed E-state index contributed by atoms with van der Waals surface area (Å²) in [5, 5.41) is 0. The van der Waals surface area contributed by atoms with E-state index in [0.29, 0.717) is 11.5 Å². The van der Waals surface area contributed by atoms with Gasteiger partial charge in [-0.05, 0) is 17.7 Å². The Morgan fingerprint density at radius 2 is 1.62 bits per heavy atom. The van der Waals surface area contributed by atoms with Gasteiger partial charge in [0.05, 0.1) is 11.5 Å². The van der Waals surface area contributed by atoms with Gasteiger partial charge in [-0.3, -0.25) is 9.59 Å². The molecule has 0 bridgehead atoms. The second kappa shape index (κ2) is 9.70. The van der Waals surface area contributed by atoms with Gasteiger partial charge in [-0.2, -0.15) is 0 Å². The van der Waals surface area contributed by atoms with E-state index < -0.39 is 5.97 Å². The molecular weight excluding hydrogens is 324 g/mol. The second-order valence-electron chi connectivity index (χ2n) is 4.91. The van der Waals surface area contributed by atoms with E-state index in [1.165, 1.54) is 24.9 Å². The first-order valence-corrected chi connectivity index (χ1v) is 8.22. The standard InChI is InChI=1S/C19H18O4S/c1-15(20)23-14-19(24-17-10-6-3-7-11-17)18(21)13-22-12-16-8-4-2-5-9-16/h2-11,14H,12-13H2,1H3. The zero-order valence-corrected chi connectivity index (χ0v) is 14.1. The quantitative estimate of drug-likeness (QED) is 0.314. The molecule has 0 saturated heterocycles. The maximum atomic E-state index is 12.3. The number of rotatable bonds is 8. The zero-order chi connectivity index (χ0) is 17.2. The predicted octanol–water partition coefficient (Wildman–Crippen LogP) is 3.97. The highest BCUT2D eigenvalue weighted by atomic mass is 32.2. The number of hydrogen-bond acceptors (Lipinski definition) is 5. The summed E-state index contributed by atoms with van der Waals surface area (Å²) in [4.78, 5) is 24.6. The van der Waals surface area contributed by atoms with Crippen molar-refractivity contribution < 1.29 is 19.1 Å². The van der Waals surface area contributed by atoms with Crippen LogP contribution in [0.5, 0.6) is 0 Å². The number of ketones is 1. The Labute approximate surface area is 145 Å². The molecule has 0 aliphatic heterocycles. The first-order valence-electron chi connectivity index (χ1n) is 7.40. The zero-order valence-electron chi connectivity index (χ0n) is 13.3. The summed E-state index contributed by atoms with van der Waals surface area (Å²) in [6.45, 7) is 1.56. The fraction of sp³-hybridized carbons (Fsp3) is 0.158. The third-order valence-corrected chi connectivity index (χ3v) is 3.97. The number of Topliss-reactive ketones (excluding diaryl/α,β-unsaturated/α-hetero) is 1. The summed E-state index contributed by atoms with van der Waals surface area (Å²) in [5.74, 6) is -0.708. The van der Waals surface area contributed by atoms with Gasteiger partial charge in [-0.1, -0.05) is 60.3 Å². The molecule has 0 aliphatic rings. The van der Waals surface area contributed by atoms with Crippen LogP contribution in [0.3, 0.4) is 0 Å². The number of hydrogen-bond donors (Lipinski definition) is 0. The summed E-state index contributed by atoms with van der Waals surface area (Å²) in [6, 6.07) is 19.0. The minimum Gasteiger partial charge on any atom is -0.433 e. The molecule has 2 aromatic rings. The Hall–Kier alpha value is -2.37. The van der Waals surface area contributed by atoms with E-state index in [-0.39, 0.29) is 12.4 Å². The van der Waals surface area contributed by atoms with Gasteiger partial charge < -0.3 is 9.47 Å². The molecule has 2 aromatic carbocycles. The molecule has 24 heavy (non-hydrogen) atoms. The molecule has 0 heterocycles. The van der Waals surface area contributed by atoms with Crippen LogP contribution >= 0.6 is 11.8 Å². The van der Waals surface area contributed by atoms with Gasteiger partial charge in [-0.15, -0.1) is 0 Å². The van der Waals surface area contributed by atoms with E-state index in [9.17, 15) is 9.59 Å². The van der Waals surface area contributed by atoms with Crippen molar-refractivity contribution in [3.8, 4) is 0 Å². The molecule has 0 radical (unpaired) electrons. The van der Waals surface area contributed by atoms with Crippen molar-refractivity contribution in [2.45, 2.75) is 18.4 Å². The summed E-state index contributed by atoms with van der Waals surface area (Å²) < 4.78 is 10.3. The highest BCUT2D eigenvalue weighted by Crippen LogP contribution is 2.27. The molecule has 0 aromatic heterocycles. The molecule has 0 atom stereocenters. The number of esters is 1. The number of thioether (sulfide) groups is 1. The molecule has 5 heteroatoms. The van der Waals surface area contributed by atoms with Crippen molar-refractivity contribution in [2.75, 3.05) is 6.61 Å². The van der Waals surface area contributed by atoms with Gasteiger partial charge >= 0.3 is 5.97 Å². The maximum Gasteiger partial charge on any atom is 0.307 e. The highest BCUT2D eigenvalue weighted by molar-refractivity contribution is 8.04. The first-order chi connectivity index (χ1) is 11.6. The van der Waals surface area contributed by atoms with Gasteiger partial charge in [0, 0.05) is 11.8 Å². The van der Waals surface area contributed by atoms with Crippen LogP contribution in [-0.2, 0) is 25.7 Å². The van der Waals surface area contributed by atoms with Crippen molar-refractivity contribution in [3.05, 3.63) is 77.4 Å². The number of benzene rings is 2. The Morgan fingerprint density at radius 1 is 1.00 bits per heavy atom. The van der Waals surface area contributed by atoms with Crippen LogP contribution in [0.2, 0.25) is 0 Å². The van der Waals surface area contributed by atoms with E-state index in [0.717, 1.165) is 10.5 Å².